The highest BCUT2D eigenvalue weighted by Crippen LogP contribution is 2.24. The molecule has 1 fully saturated rings. The van der Waals surface area contributed by atoms with Crippen LogP contribution in [0.15, 0.2) is 14.5 Å². The van der Waals surface area contributed by atoms with Crippen LogP contribution in [0.1, 0.15) is 31.9 Å². The van der Waals surface area contributed by atoms with Gasteiger partial charge < -0.3 is 0 Å². The first-order valence-corrected chi connectivity index (χ1v) is 8.42. The summed E-state index contributed by atoms with van der Waals surface area (Å²) in [5, 5.41) is 0. The van der Waals surface area contributed by atoms with E-state index in [0.717, 1.165) is 23.8 Å². The highest BCUT2D eigenvalue weighted by molar-refractivity contribution is 7.89. The second-order valence-electron chi connectivity index (χ2n) is 5.58. The summed E-state index contributed by atoms with van der Waals surface area (Å²) in [6, 6.07) is -0.134. The van der Waals surface area contributed by atoms with Gasteiger partial charge in [0.05, 0.1) is 0 Å². The second kappa shape index (κ2) is 5.42. The summed E-state index contributed by atoms with van der Waals surface area (Å²) in [5.74, 6) is 0. The van der Waals surface area contributed by atoms with Gasteiger partial charge in [0.25, 0.3) is 15.6 Å². The summed E-state index contributed by atoms with van der Waals surface area (Å²) in [6.07, 6.45) is 2.55. The Morgan fingerprint density at radius 2 is 1.71 bits per heavy atom. The first-order chi connectivity index (χ1) is 9.69. The van der Waals surface area contributed by atoms with Crippen LogP contribution in [-0.4, -0.2) is 34.4 Å². The molecule has 0 aliphatic carbocycles. The molecule has 8 heteroatoms. The van der Waals surface area contributed by atoms with E-state index in [2.05, 4.69) is 0 Å². The summed E-state index contributed by atoms with van der Waals surface area (Å²) in [4.78, 5) is 23.9. The fourth-order valence-corrected chi connectivity index (χ4v) is 4.81. The molecular formula is C13H21N3O4S. The second-order valence-corrected chi connectivity index (χ2v) is 7.41. The molecule has 0 N–H and O–H groups in total. The van der Waals surface area contributed by atoms with Gasteiger partial charge in [-0.15, -0.1) is 0 Å². The molecule has 0 spiro atoms. The molecule has 21 heavy (non-hydrogen) atoms. The zero-order valence-corrected chi connectivity index (χ0v) is 13.6. The van der Waals surface area contributed by atoms with E-state index in [1.54, 1.807) is 0 Å². The van der Waals surface area contributed by atoms with Crippen molar-refractivity contribution in [3.63, 3.8) is 0 Å². The van der Waals surface area contributed by atoms with Gasteiger partial charge in [-0.05, 0) is 26.7 Å². The van der Waals surface area contributed by atoms with Crippen LogP contribution in [-0.2, 0) is 24.1 Å². The predicted octanol–water partition coefficient (Wildman–Crippen LogP) is -0.0445. The quantitative estimate of drug-likeness (QED) is 0.766. The molecule has 2 rings (SSSR count). The Hall–Kier alpha value is -1.41. The molecule has 1 aliphatic rings. The Morgan fingerprint density at radius 3 is 2.29 bits per heavy atom. The summed E-state index contributed by atoms with van der Waals surface area (Å²) in [6.45, 7) is 3.75. The average Bonchev–Trinajstić information content (AvgIpc) is 2.43. The molecule has 0 aromatic carbocycles. The SMILES string of the molecule is Cc1c(S(=O)(=O)N2CCCC[C@H]2C)c(=O)n(C)c(=O)n1C. The third-order valence-electron chi connectivity index (χ3n) is 4.21. The van der Waals surface area contributed by atoms with Crippen molar-refractivity contribution in [2.24, 2.45) is 14.1 Å². The zero-order chi connectivity index (χ0) is 15.9. The molecule has 1 aliphatic heterocycles. The van der Waals surface area contributed by atoms with Crippen molar-refractivity contribution in [1.82, 2.24) is 13.4 Å². The zero-order valence-electron chi connectivity index (χ0n) is 12.8. The number of hydrogen-bond donors (Lipinski definition) is 0. The van der Waals surface area contributed by atoms with Gasteiger partial charge in [0, 0.05) is 32.4 Å². The Labute approximate surface area is 123 Å². The highest BCUT2D eigenvalue weighted by atomic mass is 32.2. The van der Waals surface area contributed by atoms with E-state index in [1.807, 2.05) is 6.92 Å². The van der Waals surface area contributed by atoms with Gasteiger partial charge in [-0.1, -0.05) is 6.42 Å². The molecule has 0 amide bonds. The lowest BCUT2D eigenvalue weighted by atomic mass is 10.1. The fraction of sp³-hybridized carbons (Fsp3) is 0.692. The molecule has 0 saturated carbocycles. The first-order valence-electron chi connectivity index (χ1n) is 6.98. The van der Waals surface area contributed by atoms with Crippen molar-refractivity contribution >= 4 is 10.0 Å². The maximum Gasteiger partial charge on any atom is 0.330 e. The van der Waals surface area contributed by atoms with Crippen LogP contribution < -0.4 is 11.2 Å². The van der Waals surface area contributed by atoms with Gasteiger partial charge in [-0.3, -0.25) is 13.9 Å². The van der Waals surface area contributed by atoms with E-state index in [9.17, 15) is 18.0 Å². The molecule has 2 heterocycles. The fourth-order valence-electron chi connectivity index (χ4n) is 2.76. The number of aromatic nitrogens is 2. The highest BCUT2D eigenvalue weighted by Gasteiger charge is 2.35. The Bertz CT molecular complexity index is 776. The Kier molecular flexibility index (Phi) is 4.12. The minimum absolute atomic E-state index is 0.134. The summed E-state index contributed by atoms with van der Waals surface area (Å²) >= 11 is 0. The van der Waals surface area contributed by atoms with Crippen LogP contribution in [0.25, 0.3) is 0 Å². The third kappa shape index (κ3) is 2.46. The largest absolute Gasteiger partial charge is 0.330 e. The maximum absolute atomic E-state index is 12.9. The van der Waals surface area contributed by atoms with Crippen molar-refractivity contribution in [3.05, 3.63) is 26.5 Å². The van der Waals surface area contributed by atoms with Gasteiger partial charge in [-0.2, -0.15) is 4.31 Å². The van der Waals surface area contributed by atoms with Crippen molar-refractivity contribution in [2.75, 3.05) is 6.54 Å². The maximum atomic E-state index is 12.9. The van der Waals surface area contributed by atoms with Gasteiger partial charge in [0.1, 0.15) is 0 Å². The van der Waals surface area contributed by atoms with E-state index in [1.165, 1.54) is 29.9 Å². The van der Waals surface area contributed by atoms with Gasteiger partial charge in [0.15, 0.2) is 4.90 Å². The number of nitrogens with zero attached hydrogens (tertiary/aromatic N) is 3. The molecule has 1 aromatic heterocycles. The van der Waals surface area contributed by atoms with Crippen LogP contribution in [0.2, 0.25) is 0 Å². The van der Waals surface area contributed by atoms with Crippen molar-refractivity contribution in [1.29, 1.82) is 0 Å². The molecule has 0 bridgehead atoms. The van der Waals surface area contributed by atoms with E-state index >= 15 is 0 Å². The number of piperidine rings is 1. The first kappa shape index (κ1) is 16.0. The standard InChI is InChI=1S/C13H21N3O4S/c1-9-7-5-6-8-16(9)21(19,20)11-10(2)14(3)13(18)15(4)12(11)17/h9H,5-8H2,1-4H3/t9-/m1/s1. The lowest BCUT2D eigenvalue weighted by Crippen LogP contribution is -2.47. The normalized spacial score (nSPS) is 20.7. The van der Waals surface area contributed by atoms with Gasteiger partial charge >= 0.3 is 5.69 Å². The van der Waals surface area contributed by atoms with Crippen molar-refractivity contribution in [3.8, 4) is 0 Å². The summed E-state index contributed by atoms with van der Waals surface area (Å²) < 4.78 is 29.1. The third-order valence-corrected chi connectivity index (χ3v) is 6.36. The molecule has 0 unspecified atom stereocenters. The van der Waals surface area contributed by atoms with Gasteiger partial charge in [0.2, 0.25) is 0 Å². The number of rotatable bonds is 2. The Balaban J connectivity index is 2.72. The molecule has 1 atom stereocenters. The molecule has 1 aromatic rings. The molecule has 7 nitrogen and oxygen atoms in total. The van der Waals surface area contributed by atoms with Crippen LogP contribution in [0.4, 0.5) is 0 Å². The Morgan fingerprint density at radius 1 is 1.10 bits per heavy atom. The molecule has 118 valence electrons. The minimum atomic E-state index is -3.89. The van der Waals surface area contributed by atoms with E-state index in [0.29, 0.717) is 6.54 Å². The summed E-state index contributed by atoms with van der Waals surface area (Å²) in [5.41, 5.74) is -1.10. The van der Waals surface area contributed by atoms with Crippen LogP contribution in [0.3, 0.4) is 0 Å². The van der Waals surface area contributed by atoms with E-state index in [4.69, 9.17) is 0 Å². The lowest BCUT2D eigenvalue weighted by Gasteiger charge is -2.32. The number of hydrogen-bond acceptors (Lipinski definition) is 4. The van der Waals surface area contributed by atoms with Gasteiger partial charge in [-0.25, -0.2) is 13.2 Å². The average molecular weight is 315 g/mol. The predicted molar refractivity (Wildman–Crippen MR) is 78.9 cm³/mol. The lowest BCUT2D eigenvalue weighted by molar-refractivity contribution is 0.268. The minimum Gasteiger partial charge on any atom is -0.300 e. The van der Waals surface area contributed by atoms with Crippen LogP contribution in [0, 0.1) is 6.92 Å². The monoisotopic (exact) mass is 315 g/mol. The topological polar surface area (TPSA) is 81.4 Å². The van der Waals surface area contributed by atoms with Crippen molar-refractivity contribution < 1.29 is 8.42 Å². The smallest absolute Gasteiger partial charge is 0.300 e. The summed E-state index contributed by atoms with van der Waals surface area (Å²) in [7, 11) is -1.13. The van der Waals surface area contributed by atoms with Crippen LogP contribution >= 0.6 is 0 Å². The molecule has 1 saturated heterocycles. The van der Waals surface area contributed by atoms with Crippen LogP contribution in [0.5, 0.6) is 0 Å². The molecular weight excluding hydrogens is 294 g/mol. The van der Waals surface area contributed by atoms with E-state index in [-0.39, 0.29) is 16.6 Å². The number of sulfonamides is 1. The van der Waals surface area contributed by atoms with E-state index < -0.39 is 21.3 Å². The molecule has 0 radical (unpaired) electrons. The van der Waals surface area contributed by atoms with Crippen molar-refractivity contribution in [2.45, 2.75) is 44.0 Å².